The number of urea groups is 1. The van der Waals surface area contributed by atoms with Gasteiger partial charge in [-0.05, 0) is 37.5 Å². The maximum absolute atomic E-state index is 12.5. The van der Waals surface area contributed by atoms with Crippen LogP contribution in [0.15, 0.2) is 0 Å². The molecule has 0 aliphatic heterocycles. The number of carbonyl (C=O) groups excluding carboxylic acids is 1. The molecule has 2 amide bonds. The minimum Gasteiger partial charge on any atom is -0.480 e. The lowest BCUT2D eigenvalue weighted by atomic mass is 10.1. The lowest BCUT2D eigenvalue weighted by Gasteiger charge is -2.31. The van der Waals surface area contributed by atoms with Gasteiger partial charge in [0.25, 0.3) is 0 Å². The van der Waals surface area contributed by atoms with Gasteiger partial charge in [-0.1, -0.05) is 26.7 Å². The number of amides is 2. The van der Waals surface area contributed by atoms with Gasteiger partial charge in [-0.3, -0.25) is 0 Å². The van der Waals surface area contributed by atoms with Crippen LogP contribution in [0.1, 0.15) is 52.4 Å². The Kier molecular flexibility index (Phi) is 4.89. The molecule has 0 radical (unpaired) electrons. The molecule has 0 bridgehead atoms. The van der Waals surface area contributed by atoms with Crippen LogP contribution in [0.2, 0.25) is 0 Å². The molecule has 0 aromatic heterocycles. The highest BCUT2D eigenvalue weighted by Crippen LogP contribution is 2.33. The summed E-state index contributed by atoms with van der Waals surface area (Å²) in [5.74, 6) is -0.386. The van der Waals surface area contributed by atoms with Crippen LogP contribution in [-0.4, -0.2) is 40.6 Å². The fourth-order valence-corrected chi connectivity index (χ4v) is 3.03. The second-order valence-corrected chi connectivity index (χ2v) is 6.59. The van der Waals surface area contributed by atoms with Crippen molar-refractivity contribution in [2.24, 2.45) is 11.8 Å². The van der Waals surface area contributed by atoms with Crippen molar-refractivity contribution >= 4 is 12.0 Å². The van der Waals surface area contributed by atoms with Crippen molar-refractivity contribution in [1.29, 1.82) is 0 Å². The first-order chi connectivity index (χ1) is 9.49. The van der Waals surface area contributed by atoms with Crippen molar-refractivity contribution < 1.29 is 14.7 Å². The Morgan fingerprint density at radius 3 is 2.25 bits per heavy atom. The highest BCUT2D eigenvalue weighted by atomic mass is 16.4. The van der Waals surface area contributed by atoms with E-state index in [0.29, 0.717) is 12.5 Å². The second-order valence-electron chi connectivity index (χ2n) is 6.59. The maximum atomic E-state index is 12.5. The van der Waals surface area contributed by atoms with E-state index in [1.807, 2.05) is 4.90 Å². The SMILES string of the molecule is CC(C)CN(C(=O)NC(C(=O)O)C1CC1)C1CCCC1. The van der Waals surface area contributed by atoms with Crippen LogP contribution >= 0.6 is 0 Å². The van der Waals surface area contributed by atoms with E-state index in [-0.39, 0.29) is 18.0 Å². The Hall–Kier alpha value is -1.26. The lowest BCUT2D eigenvalue weighted by molar-refractivity contribution is -0.139. The fourth-order valence-electron chi connectivity index (χ4n) is 3.03. The average molecular weight is 282 g/mol. The van der Waals surface area contributed by atoms with Gasteiger partial charge in [-0.2, -0.15) is 0 Å². The standard InChI is InChI=1S/C15H26N2O3/c1-10(2)9-17(12-5-3-4-6-12)15(20)16-13(14(18)19)11-7-8-11/h10-13H,3-9H2,1-2H3,(H,16,20)(H,18,19). The van der Waals surface area contributed by atoms with Crippen molar-refractivity contribution in [3.8, 4) is 0 Å². The van der Waals surface area contributed by atoms with E-state index in [0.717, 1.165) is 38.5 Å². The van der Waals surface area contributed by atoms with Crippen LogP contribution in [0.25, 0.3) is 0 Å². The van der Waals surface area contributed by atoms with Gasteiger partial charge in [0.05, 0.1) is 0 Å². The van der Waals surface area contributed by atoms with Crippen LogP contribution in [0.4, 0.5) is 4.79 Å². The number of nitrogens with one attached hydrogen (secondary N) is 1. The molecular weight excluding hydrogens is 256 g/mol. The van der Waals surface area contributed by atoms with Crippen molar-refractivity contribution in [3.63, 3.8) is 0 Å². The van der Waals surface area contributed by atoms with E-state index in [2.05, 4.69) is 19.2 Å². The summed E-state index contributed by atoms with van der Waals surface area (Å²) in [5.41, 5.74) is 0. The number of hydrogen-bond donors (Lipinski definition) is 2. The van der Waals surface area contributed by atoms with E-state index >= 15 is 0 Å². The summed E-state index contributed by atoms with van der Waals surface area (Å²) in [6.45, 7) is 4.88. The Labute approximate surface area is 120 Å². The molecule has 20 heavy (non-hydrogen) atoms. The minimum atomic E-state index is -0.906. The van der Waals surface area contributed by atoms with E-state index in [4.69, 9.17) is 0 Å². The van der Waals surface area contributed by atoms with Crippen molar-refractivity contribution in [3.05, 3.63) is 0 Å². The third-order valence-electron chi connectivity index (χ3n) is 4.23. The van der Waals surface area contributed by atoms with Gasteiger partial charge in [0.15, 0.2) is 0 Å². The topological polar surface area (TPSA) is 69.6 Å². The van der Waals surface area contributed by atoms with Crippen LogP contribution in [0.3, 0.4) is 0 Å². The van der Waals surface area contributed by atoms with Crippen molar-refractivity contribution in [2.75, 3.05) is 6.54 Å². The quantitative estimate of drug-likeness (QED) is 0.786. The molecule has 0 heterocycles. The zero-order valence-corrected chi connectivity index (χ0v) is 12.5. The number of hydrogen-bond acceptors (Lipinski definition) is 2. The maximum Gasteiger partial charge on any atom is 0.326 e. The van der Waals surface area contributed by atoms with Crippen molar-refractivity contribution in [2.45, 2.75) is 64.5 Å². The normalized spacial score (nSPS) is 20.9. The Bertz CT molecular complexity index is 360. The zero-order chi connectivity index (χ0) is 14.7. The van der Waals surface area contributed by atoms with Gasteiger partial charge in [0, 0.05) is 12.6 Å². The molecule has 1 unspecified atom stereocenters. The predicted octanol–water partition coefficient (Wildman–Crippen LogP) is 2.46. The van der Waals surface area contributed by atoms with E-state index in [1.54, 1.807) is 0 Å². The number of aliphatic carboxylic acids is 1. The summed E-state index contributed by atoms with van der Waals surface area (Å²) in [6, 6.07) is -0.616. The smallest absolute Gasteiger partial charge is 0.326 e. The summed E-state index contributed by atoms with van der Waals surface area (Å²) >= 11 is 0. The largest absolute Gasteiger partial charge is 0.480 e. The molecule has 0 aromatic carbocycles. The molecule has 114 valence electrons. The number of carboxylic acid groups (broad SMARTS) is 1. The first-order valence-corrected chi connectivity index (χ1v) is 7.79. The molecule has 0 spiro atoms. The van der Waals surface area contributed by atoms with Gasteiger partial charge < -0.3 is 15.3 Å². The van der Waals surface area contributed by atoms with Crippen molar-refractivity contribution in [1.82, 2.24) is 10.2 Å². The van der Waals surface area contributed by atoms with Gasteiger partial charge in [0.1, 0.15) is 6.04 Å². The van der Waals surface area contributed by atoms with E-state index in [1.165, 1.54) is 0 Å². The predicted molar refractivity (Wildman–Crippen MR) is 76.5 cm³/mol. The minimum absolute atomic E-state index is 0.126. The molecule has 2 N–H and O–H groups in total. The highest BCUT2D eigenvalue weighted by Gasteiger charge is 2.39. The number of carboxylic acids is 1. The average Bonchev–Trinajstić information content (AvgIpc) is 3.06. The van der Waals surface area contributed by atoms with Gasteiger partial charge in [-0.15, -0.1) is 0 Å². The summed E-state index contributed by atoms with van der Waals surface area (Å²) < 4.78 is 0. The molecule has 2 rings (SSSR count). The molecule has 2 fully saturated rings. The Balaban J connectivity index is 1.99. The second kappa shape index (κ2) is 6.46. The monoisotopic (exact) mass is 282 g/mol. The molecule has 2 aliphatic carbocycles. The van der Waals surface area contributed by atoms with E-state index in [9.17, 15) is 14.7 Å². The van der Waals surface area contributed by atoms with Crippen LogP contribution < -0.4 is 5.32 Å². The van der Waals surface area contributed by atoms with Gasteiger partial charge >= 0.3 is 12.0 Å². The molecule has 2 aliphatic rings. The lowest BCUT2D eigenvalue weighted by Crippen LogP contribution is -2.52. The molecule has 1 atom stereocenters. The molecular formula is C15H26N2O3. The van der Waals surface area contributed by atoms with Crippen LogP contribution in [0, 0.1) is 11.8 Å². The molecule has 2 saturated carbocycles. The first-order valence-electron chi connectivity index (χ1n) is 7.79. The molecule has 0 aromatic rings. The zero-order valence-electron chi connectivity index (χ0n) is 12.5. The molecule has 5 heteroatoms. The van der Waals surface area contributed by atoms with Gasteiger partial charge in [0.2, 0.25) is 0 Å². The Morgan fingerprint density at radius 1 is 1.20 bits per heavy atom. The third-order valence-corrected chi connectivity index (χ3v) is 4.23. The number of carbonyl (C=O) groups is 2. The number of rotatable bonds is 6. The van der Waals surface area contributed by atoms with E-state index < -0.39 is 12.0 Å². The summed E-state index contributed by atoms with van der Waals surface area (Å²) in [4.78, 5) is 25.6. The summed E-state index contributed by atoms with van der Waals surface area (Å²) in [5, 5.41) is 12.0. The summed E-state index contributed by atoms with van der Waals surface area (Å²) in [7, 11) is 0. The first kappa shape index (κ1) is 15.1. The Morgan fingerprint density at radius 2 is 1.80 bits per heavy atom. The van der Waals surface area contributed by atoms with Crippen LogP contribution in [-0.2, 0) is 4.79 Å². The molecule has 5 nitrogen and oxygen atoms in total. The number of nitrogens with zero attached hydrogens (tertiary/aromatic N) is 1. The van der Waals surface area contributed by atoms with Gasteiger partial charge in [-0.25, -0.2) is 9.59 Å². The molecule has 0 saturated heterocycles. The summed E-state index contributed by atoms with van der Waals surface area (Å²) in [6.07, 6.45) is 6.23. The van der Waals surface area contributed by atoms with Crippen LogP contribution in [0.5, 0.6) is 0 Å². The third kappa shape index (κ3) is 3.87. The fraction of sp³-hybridized carbons (Fsp3) is 0.867. The highest BCUT2D eigenvalue weighted by molar-refractivity contribution is 5.83.